The SMILES string of the molecule is CC1CC(NC(=O)C(C)Cc2cccc(F)c2)CCN1. The first-order valence-electron chi connectivity index (χ1n) is 7.33. The molecule has 1 saturated heterocycles. The van der Waals surface area contributed by atoms with Crippen molar-refractivity contribution in [2.45, 2.75) is 45.2 Å². The van der Waals surface area contributed by atoms with E-state index >= 15 is 0 Å². The monoisotopic (exact) mass is 278 g/mol. The lowest BCUT2D eigenvalue weighted by Gasteiger charge is -2.29. The predicted octanol–water partition coefficient (Wildman–Crippen LogP) is 2.26. The molecule has 1 aliphatic rings. The maximum atomic E-state index is 13.1. The fourth-order valence-electron chi connectivity index (χ4n) is 2.72. The molecule has 1 amide bonds. The van der Waals surface area contributed by atoms with Crippen molar-refractivity contribution in [3.63, 3.8) is 0 Å². The second-order valence-electron chi connectivity index (χ2n) is 5.82. The highest BCUT2D eigenvalue weighted by atomic mass is 19.1. The third-order valence-electron chi connectivity index (χ3n) is 3.85. The molecule has 4 heteroatoms. The van der Waals surface area contributed by atoms with Crippen molar-refractivity contribution in [2.75, 3.05) is 6.54 Å². The summed E-state index contributed by atoms with van der Waals surface area (Å²) in [6.45, 7) is 4.98. The Bertz CT molecular complexity index is 464. The topological polar surface area (TPSA) is 41.1 Å². The molecule has 3 unspecified atom stereocenters. The van der Waals surface area contributed by atoms with Gasteiger partial charge in [0.2, 0.25) is 5.91 Å². The van der Waals surface area contributed by atoms with Crippen LogP contribution in [-0.4, -0.2) is 24.5 Å². The zero-order chi connectivity index (χ0) is 14.5. The molecule has 1 heterocycles. The van der Waals surface area contributed by atoms with Crippen LogP contribution in [-0.2, 0) is 11.2 Å². The smallest absolute Gasteiger partial charge is 0.223 e. The number of carbonyl (C=O) groups excluding carboxylic acids is 1. The van der Waals surface area contributed by atoms with Gasteiger partial charge < -0.3 is 10.6 Å². The van der Waals surface area contributed by atoms with Gasteiger partial charge in [0.05, 0.1) is 0 Å². The molecule has 110 valence electrons. The van der Waals surface area contributed by atoms with E-state index < -0.39 is 0 Å². The minimum atomic E-state index is -0.248. The van der Waals surface area contributed by atoms with Crippen LogP contribution < -0.4 is 10.6 Å². The van der Waals surface area contributed by atoms with E-state index in [1.165, 1.54) is 12.1 Å². The summed E-state index contributed by atoms with van der Waals surface area (Å²) in [5.41, 5.74) is 0.867. The van der Waals surface area contributed by atoms with Gasteiger partial charge in [0.25, 0.3) is 0 Å². The lowest BCUT2D eigenvalue weighted by molar-refractivity contribution is -0.125. The molecule has 0 bridgehead atoms. The van der Waals surface area contributed by atoms with Gasteiger partial charge in [-0.2, -0.15) is 0 Å². The van der Waals surface area contributed by atoms with E-state index in [1.54, 1.807) is 6.07 Å². The number of hydrogen-bond donors (Lipinski definition) is 2. The first kappa shape index (κ1) is 15.0. The molecule has 1 aliphatic heterocycles. The lowest BCUT2D eigenvalue weighted by Crippen LogP contribution is -2.48. The van der Waals surface area contributed by atoms with E-state index in [0.717, 1.165) is 24.9 Å². The van der Waals surface area contributed by atoms with Crippen molar-refractivity contribution < 1.29 is 9.18 Å². The Labute approximate surface area is 120 Å². The van der Waals surface area contributed by atoms with E-state index in [4.69, 9.17) is 0 Å². The highest BCUT2D eigenvalue weighted by molar-refractivity contribution is 5.78. The fourth-order valence-corrected chi connectivity index (χ4v) is 2.72. The summed E-state index contributed by atoms with van der Waals surface area (Å²) in [4.78, 5) is 12.2. The number of rotatable bonds is 4. The molecule has 0 aromatic heterocycles. The fraction of sp³-hybridized carbons (Fsp3) is 0.562. The second-order valence-corrected chi connectivity index (χ2v) is 5.82. The molecule has 2 N–H and O–H groups in total. The second kappa shape index (κ2) is 6.84. The van der Waals surface area contributed by atoms with Crippen LogP contribution in [0.5, 0.6) is 0 Å². The molecule has 0 spiro atoms. The number of halogens is 1. The van der Waals surface area contributed by atoms with Crippen molar-refractivity contribution in [3.8, 4) is 0 Å². The Morgan fingerprint density at radius 2 is 2.35 bits per heavy atom. The number of carbonyl (C=O) groups is 1. The zero-order valence-corrected chi connectivity index (χ0v) is 12.2. The molecule has 1 aromatic carbocycles. The van der Waals surface area contributed by atoms with Crippen molar-refractivity contribution in [1.29, 1.82) is 0 Å². The van der Waals surface area contributed by atoms with Crippen molar-refractivity contribution in [1.82, 2.24) is 10.6 Å². The molecule has 3 atom stereocenters. The Hall–Kier alpha value is -1.42. The average molecular weight is 278 g/mol. The van der Waals surface area contributed by atoms with Crippen LogP contribution in [0.3, 0.4) is 0 Å². The van der Waals surface area contributed by atoms with Crippen molar-refractivity contribution in [3.05, 3.63) is 35.6 Å². The van der Waals surface area contributed by atoms with Crippen LogP contribution in [0.15, 0.2) is 24.3 Å². The van der Waals surface area contributed by atoms with Crippen LogP contribution in [0.2, 0.25) is 0 Å². The molecule has 1 fully saturated rings. The quantitative estimate of drug-likeness (QED) is 0.887. The van der Waals surface area contributed by atoms with E-state index in [9.17, 15) is 9.18 Å². The minimum absolute atomic E-state index is 0.0633. The first-order valence-corrected chi connectivity index (χ1v) is 7.33. The van der Waals surface area contributed by atoms with Gasteiger partial charge in [-0.25, -0.2) is 4.39 Å². The van der Waals surface area contributed by atoms with Gasteiger partial charge in [-0.3, -0.25) is 4.79 Å². The Morgan fingerprint density at radius 3 is 3.05 bits per heavy atom. The third kappa shape index (κ3) is 4.30. The number of piperidine rings is 1. The molecule has 0 aliphatic carbocycles. The van der Waals surface area contributed by atoms with E-state index in [1.807, 2.05) is 13.0 Å². The number of nitrogens with one attached hydrogen (secondary N) is 2. The molecule has 0 radical (unpaired) electrons. The third-order valence-corrected chi connectivity index (χ3v) is 3.85. The Morgan fingerprint density at radius 1 is 1.55 bits per heavy atom. The average Bonchev–Trinajstić information content (AvgIpc) is 2.38. The normalized spacial score (nSPS) is 24.1. The molecule has 20 heavy (non-hydrogen) atoms. The van der Waals surface area contributed by atoms with Crippen LogP contribution in [0.25, 0.3) is 0 Å². The summed E-state index contributed by atoms with van der Waals surface area (Å²) in [5, 5.41) is 6.48. The van der Waals surface area contributed by atoms with E-state index in [0.29, 0.717) is 12.5 Å². The van der Waals surface area contributed by atoms with Gasteiger partial charge in [0.1, 0.15) is 5.82 Å². The van der Waals surface area contributed by atoms with E-state index in [-0.39, 0.29) is 23.7 Å². The summed E-state index contributed by atoms with van der Waals surface area (Å²) >= 11 is 0. The van der Waals surface area contributed by atoms with Crippen molar-refractivity contribution in [2.24, 2.45) is 5.92 Å². The van der Waals surface area contributed by atoms with Gasteiger partial charge >= 0.3 is 0 Å². The van der Waals surface area contributed by atoms with Gasteiger partial charge in [-0.05, 0) is 50.4 Å². The molecule has 1 aromatic rings. The molecule has 2 rings (SSSR count). The number of hydrogen-bond acceptors (Lipinski definition) is 2. The van der Waals surface area contributed by atoms with Gasteiger partial charge in [-0.15, -0.1) is 0 Å². The first-order chi connectivity index (χ1) is 9.54. The standard InChI is InChI=1S/C16H23FN2O/c1-11(8-13-4-3-5-14(17)10-13)16(20)19-15-6-7-18-12(2)9-15/h3-5,10-12,15,18H,6-9H2,1-2H3,(H,19,20). The lowest BCUT2D eigenvalue weighted by atomic mass is 9.97. The summed E-state index contributed by atoms with van der Waals surface area (Å²) in [6.07, 6.45) is 2.52. The number of benzene rings is 1. The summed E-state index contributed by atoms with van der Waals surface area (Å²) in [5.74, 6) is -0.322. The predicted molar refractivity (Wildman–Crippen MR) is 77.9 cm³/mol. The molecule has 3 nitrogen and oxygen atoms in total. The highest BCUT2D eigenvalue weighted by Gasteiger charge is 2.22. The van der Waals surface area contributed by atoms with Gasteiger partial charge in [-0.1, -0.05) is 19.1 Å². The summed E-state index contributed by atoms with van der Waals surface area (Å²) in [7, 11) is 0. The van der Waals surface area contributed by atoms with Crippen molar-refractivity contribution >= 4 is 5.91 Å². The highest BCUT2D eigenvalue weighted by Crippen LogP contribution is 2.13. The maximum absolute atomic E-state index is 13.1. The van der Waals surface area contributed by atoms with Gasteiger partial charge in [0, 0.05) is 18.0 Å². The van der Waals surface area contributed by atoms with E-state index in [2.05, 4.69) is 17.6 Å². The minimum Gasteiger partial charge on any atom is -0.353 e. The zero-order valence-electron chi connectivity index (χ0n) is 12.2. The van der Waals surface area contributed by atoms with Crippen LogP contribution in [0.4, 0.5) is 4.39 Å². The van der Waals surface area contributed by atoms with Crippen LogP contribution in [0, 0.1) is 11.7 Å². The van der Waals surface area contributed by atoms with Gasteiger partial charge in [0.15, 0.2) is 0 Å². The maximum Gasteiger partial charge on any atom is 0.223 e. The Balaban J connectivity index is 1.85. The molecule has 0 saturated carbocycles. The molecular formula is C16H23FN2O. The van der Waals surface area contributed by atoms with Crippen LogP contribution in [0.1, 0.15) is 32.3 Å². The summed E-state index contributed by atoms with van der Waals surface area (Å²) in [6, 6.07) is 7.17. The largest absolute Gasteiger partial charge is 0.353 e. The number of amides is 1. The Kier molecular flexibility index (Phi) is 5.12. The van der Waals surface area contributed by atoms with Crippen LogP contribution >= 0.6 is 0 Å². The summed E-state index contributed by atoms with van der Waals surface area (Å²) < 4.78 is 13.1. The molecular weight excluding hydrogens is 255 g/mol.